The van der Waals surface area contributed by atoms with Crippen molar-refractivity contribution in [2.24, 2.45) is 0 Å². The summed E-state index contributed by atoms with van der Waals surface area (Å²) in [6.45, 7) is 0. The quantitative estimate of drug-likeness (QED) is 0.399. The molecule has 10 heavy (non-hydrogen) atoms. The molecule has 60 valence electrons. The van der Waals surface area contributed by atoms with Crippen molar-refractivity contribution in [2.45, 2.75) is 0 Å². The summed E-state index contributed by atoms with van der Waals surface area (Å²) in [5.41, 5.74) is 0. The van der Waals surface area contributed by atoms with Crippen LogP contribution in [-0.2, 0) is 21.7 Å². The third kappa shape index (κ3) is 193. The molecule has 0 aromatic heterocycles. The zero-order chi connectivity index (χ0) is 3.58. The predicted molar refractivity (Wildman–Crippen MR) is 19.3 cm³/mol. The van der Waals surface area contributed by atoms with Crippen molar-refractivity contribution in [3.05, 3.63) is 0 Å². The van der Waals surface area contributed by atoms with Gasteiger partial charge in [0.25, 0.3) is 0 Å². The van der Waals surface area contributed by atoms with Crippen LogP contribution in [-0.4, -0.2) is 78.1 Å². The third-order valence-corrected chi connectivity index (χ3v) is 0. The molecule has 0 aromatic carbocycles. The van der Waals surface area contributed by atoms with E-state index in [0.717, 1.165) is 0 Å². The molecule has 4 N–H and O–H groups in total. The molecule has 0 aromatic rings. The zero-order valence-electron chi connectivity index (χ0n) is 4.80. The fraction of sp³-hybridized carbons (Fsp3) is 0. The molecule has 0 aliphatic rings. The third-order valence-electron chi connectivity index (χ3n) is 0. The molecule has 0 saturated carbocycles. The van der Waals surface area contributed by atoms with Gasteiger partial charge in [-0.05, 0) is 0 Å². The molecule has 7 nitrogen and oxygen atoms in total. The van der Waals surface area contributed by atoms with Crippen molar-refractivity contribution < 1.29 is 58.7 Å². The molecule has 0 amide bonds. The second-order valence-electron chi connectivity index (χ2n) is 0.289. The predicted octanol–water partition coefficient (Wildman–Crippen LogP) is -5.04. The van der Waals surface area contributed by atoms with Gasteiger partial charge in [0.15, 0.2) is 0 Å². The zero-order valence-corrected chi connectivity index (χ0v) is 10.8. The van der Waals surface area contributed by atoms with Crippen LogP contribution >= 0.6 is 0 Å². The summed E-state index contributed by atoms with van der Waals surface area (Å²) < 4.78 is 0. The monoisotopic (exact) mass is 313 g/mol. The molecule has 0 atom stereocenters. The second-order valence-corrected chi connectivity index (χ2v) is 0.289. The van der Waals surface area contributed by atoms with E-state index in [1.54, 1.807) is 0 Å². The van der Waals surface area contributed by atoms with Crippen molar-refractivity contribution >= 4 is 56.2 Å². The van der Waals surface area contributed by atoms with E-state index in [-0.39, 0.29) is 92.5 Å². The van der Waals surface area contributed by atoms with Gasteiger partial charge >= 0.3 is 48.9 Å². The SMILES string of the molecule is [Ba+2].[O-]B([O-])[O-].[OH-].[OH-].[OH-].[OH-].[Ti]. The summed E-state index contributed by atoms with van der Waals surface area (Å²) in [6.07, 6.45) is 0. The molecule has 10 heteroatoms. The molecule has 0 radical (unpaired) electrons. The molecular weight excluding hydrogens is 308 g/mol. The maximum Gasteiger partial charge on any atom is 2.00 e. The topological polar surface area (TPSA) is 189 Å². The minimum Gasteiger partial charge on any atom is -0.907 e. The summed E-state index contributed by atoms with van der Waals surface area (Å²) in [4.78, 5) is 0. The molecule has 0 heterocycles. The first kappa shape index (κ1) is 57.5. The summed E-state index contributed by atoms with van der Waals surface area (Å²) in [6, 6.07) is 0. The number of hydrogen-bond acceptors (Lipinski definition) is 7. The molecule has 0 unspecified atom stereocenters. The summed E-state index contributed by atoms with van der Waals surface area (Å²) >= 11 is 0. The van der Waals surface area contributed by atoms with Crippen LogP contribution in [0.1, 0.15) is 0 Å². The first-order chi connectivity index (χ1) is 1.73. The van der Waals surface area contributed by atoms with Gasteiger partial charge in [-0.25, -0.2) is 0 Å². The Balaban J connectivity index is -0.00000000300. The van der Waals surface area contributed by atoms with Crippen molar-refractivity contribution in [1.29, 1.82) is 0 Å². The molecule has 0 saturated heterocycles. The van der Waals surface area contributed by atoms with Crippen LogP contribution in [0.2, 0.25) is 0 Å². The fourth-order valence-electron chi connectivity index (χ4n) is 0. The average Bonchev–Trinajstić information content (AvgIpc) is 0.811. The Bertz CT molecular complexity index is 18.3. The maximum atomic E-state index is 8.42. The van der Waals surface area contributed by atoms with E-state index in [1.807, 2.05) is 0 Å². The van der Waals surface area contributed by atoms with Gasteiger partial charge in [-0.2, -0.15) is 0 Å². The molecule has 0 aliphatic heterocycles. The molecule has 0 rings (SSSR count). The minimum atomic E-state index is -2.92. The summed E-state index contributed by atoms with van der Waals surface area (Å²) in [7, 11) is -2.92. The number of hydrogen-bond donors (Lipinski definition) is 0. The van der Waals surface area contributed by atoms with Crippen LogP contribution in [0.5, 0.6) is 0 Å². The largest absolute Gasteiger partial charge is 2.00 e. The normalized spacial score (nSPS) is 2.70. The van der Waals surface area contributed by atoms with E-state index in [0.29, 0.717) is 0 Å². The van der Waals surface area contributed by atoms with E-state index < -0.39 is 7.32 Å². The first-order valence-electron chi connectivity index (χ1n) is 0.707. The molecule has 0 spiro atoms. The van der Waals surface area contributed by atoms with Crippen LogP contribution in [0.25, 0.3) is 0 Å². The van der Waals surface area contributed by atoms with E-state index >= 15 is 0 Å². The second kappa shape index (κ2) is 43.7. The molecule has 0 aliphatic carbocycles. The van der Waals surface area contributed by atoms with Gasteiger partial charge < -0.3 is 37.0 Å². The van der Waals surface area contributed by atoms with Crippen LogP contribution in [0.4, 0.5) is 0 Å². The van der Waals surface area contributed by atoms with Crippen LogP contribution in [0.3, 0.4) is 0 Å². The van der Waals surface area contributed by atoms with E-state index in [2.05, 4.69) is 0 Å². The number of rotatable bonds is 0. The van der Waals surface area contributed by atoms with Crippen LogP contribution in [0, 0.1) is 0 Å². The smallest absolute Gasteiger partial charge is 0.907 e. The Morgan fingerprint density at radius 1 is 0.700 bits per heavy atom. The van der Waals surface area contributed by atoms with Crippen molar-refractivity contribution in [2.75, 3.05) is 0 Å². The minimum absolute atomic E-state index is 0. The Morgan fingerprint density at radius 2 is 0.700 bits per heavy atom. The van der Waals surface area contributed by atoms with Crippen molar-refractivity contribution in [1.82, 2.24) is 0 Å². The fourth-order valence-corrected chi connectivity index (χ4v) is 0. The standard InChI is InChI=1S/BO3.Ba.4H2O.Ti/c2-1(3)4;;;;;;/h;;4*1H2;/q-3;+2;;;;;/p-4. The van der Waals surface area contributed by atoms with Gasteiger partial charge in [0, 0.05) is 21.7 Å². The maximum absolute atomic E-state index is 8.42. The first-order valence-corrected chi connectivity index (χ1v) is 0.707. The van der Waals surface area contributed by atoms with Gasteiger partial charge in [0.1, 0.15) is 0 Å². The van der Waals surface area contributed by atoms with Gasteiger partial charge in [-0.3, -0.25) is 7.32 Å². The van der Waals surface area contributed by atoms with Gasteiger partial charge in [-0.15, -0.1) is 0 Å². The Hall–Kier alpha value is 2.07. The van der Waals surface area contributed by atoms with Crippen LogP contribution < -0.4 is 15.1 Å². The molecular formula is H4BBaO7Ti-5. The van der Waals surface area contributed by atoms with E-state index in [4.69, 9.17) is 15.1 Å². The van der Waals surface area contributed by atoms with Gasteiger partial charge in [0.2, 0.25) is 0 Å². The average molecular weight is 312 g/mol. The van der Waals surface area contributed by atoms with E-state index in [9.17, 15) is 0 Å². The van der Waals surface area contributed by atoms with Crippen molar-refractivity contribution in [3.8, 4) is 0 Å². The van der Waals surface area contributed by atoms with Gasteiger partial charge in [0.05, 0.1) is 0 Å². The molecule has 0 bridgehead atoms. The summed E-state index contributed by atoms with van der Waals surface area (Å²) in [5.74, 6) is 0. The van der Waals surface area contributed by atoms with Gasteiger partial charge in [-0.1, -0.05) is 0 Å². The Morgan fingerprint density at radius 3 is 0.700 bits per heavy atom. The van der Waals surface area contributed by atoms with Crippen molar-refractivity contribution in [3.63, 3.8) is 0 Å². The molecule has 0 fully saturated rings. The van der Waals surface area contributed by atoms with E-state index in [1.165, 1.54) is 0 Å². The Labute approximate surface area is 113 Å². The van der Waals surface area contributed by atoms with Crippen LogP contribution in [0.15, 0.2) is 0 Å². The Kier molecular flexibility index (Phi) is 251. The summed E-state index contributed by atoms with van der Waals surface area (Å²) in [5, 5.41) is 25.2.